The van der Waals surface area contributed by atoms with Crippen molar-refractivity contribution in [3.05, 3.63) is 17.8 Å². The van der Waals surface area contributed by atoms with Crippen LogP contribution in [0, 0.1) is 17.8 Å². The molecule has 5 rings (SSSR count). The van der Waals surface area contributed by atoms with Gasteiger partial charge in [-0.05, 0) is 55.6 Å². The van der Waals surface area contributed by atoms with Crippen molar-refractivity contribution in [3.63, 3.8) is 0 Å². The highest BCUT2D eigenvalue weighted by atomic mass is 16.5. The van der Waals surface area contributed by atoms with Crippen molar-refractivity contribution in [2.75, 3.05) is 64.5 Å². The molecule has 1 amide bonds. The van der Waals surface area contributed by atoms with Crippen LogP contribution < -0.4 is 5.32 Å². The lowest BCUT2D eigenvalue weighted by Gasteiger charge is -2.27. The second-order valence-electron chi connectivity index (χ2n) is 9.32. The second kappa shape index (κ2) is 9.16. The predicted molar refractivity (Wildman–Crippen MR) is 112 cm³/mol. The van der Waals surface area contributed by atoms with E-state index in [1.807, 2.05) is 6.07 Å². The van der Waals surface area contributed by atoms with Crippen LogP contribution in [0.5, 0.6) is 0 Å². The summed E-state index contributed by atoms with van der Waals surface area (Å²) in [5, 5.41) is 12.0. The maximum absolute atomic E-state index is 12.5. The first-order valence-corrected chi connectivity index (χ1v) is 11.5. The number of carbonyl (C=O) groups excluding carboxylic acids is 1. The Labute approximate surface area is 178 Å². The Morgan fingerprint density at radius 3 is 2.37 bits per heavy atom. The number of amides is 1. The highest BCUT2D eigenvalue weighted by molar-refractivity contribution is 5.92. The van der Waals surface area contributed by atoms with Crippen LogP contribution in [0.3, 0.4) is 0 Å². The second-order valence-corrected chi connectivity index (χ2v) is 9.32. The SMILES string of the molecule is O=C(c1ccc(N[C@H]2C[C@@H]3CN(CC4CCOCC4)C[C@@H]3C2)nn1)N1CCOCC1. The molecule has 0 unspecified atom stereocenters. The van der Waals surface area contributed by atoms with Crippen molar-refractivity contribution < 1.29 is 14.3 Å². The topological polar surface area (TPSA) is 79.8 Å². The normalized spacial score (nSPS) is 30.4. The first kappa shape index (κ1) is 20.2. The third-order valence-electron chi connectivity index (χ3n) is 7.22. The number of nitrogens with zero attached hydrogens (tertiary/aromatic N) is 4. The molecule has 4 aliphatic rings. The summed E-state index contributed by atoms with van der Waals surface area (Å²) in [6.07, 6.45) is 4.84. The zero-order valence-electron chi connectivity index (χ0n) is 17.7. The standard InChI is InChI=1S/C22H33N5O3/c28-22(27-5-9-30-10-6-27)20-1-2-21(25-24-20)23-19-11-17-14-26(15-18(17)12-19)13-16-3-7-29-8-4-16/h1-2,16-19H,3-15H2,(H,23,25)/t17-,18+,19+. The van der Waals surface area contributed by atoms with E-state index in [0.29, 0.717) is 38.0 Å². The molecule has 1 aromatic heterocycles. The molecule has 8 heteroatoms. The maximum atomic E-state index is 12.5. The summed E-state index contributed by atoms with van der Waals surface area (Å²) in [4.78, 5) is 17.0. The third kappa shape index (κ3) is 4.60. The molecule has 3 saturated heterocycles. The molecule has 1 N–H and O–H groups in total. The summed E-state index contributed by atoms with van der Waals surface area (Å²) in [5.41, 5.74) is 0.412. The molecule has 8 nitrogen and oxygen atoms in total. The van der Waals surface area contributed by atoms with Gasteiger partial charge in [0.15, 0.2) is 5.69 Å². The minimum atomic E-state index is -0.0580. The number of rotatable bonds is 5. The van der Waals surface area contributed by atoms with E-state index in [9.17, 15) is 4.79 Å². The fourth-order valence-corrected chi connectivity index (χ4v) is 5.62. The highest BCUT2D eigenvalue weighted by Crippen LogP contribution is 2.39. The van der Waals surface area contributed by atoms with Gasteiger partial charge < -0.3 is 24.6 Å². The van der Waals surface area contributed by atoms with Crippen LogP contribution in [0.1, 0.15) is 36.2 Å². The Hall–Kier alpha value is -1.77. The maximum Gasteiger partial charge on any atom is 0.274 e. The molecule has 0 spiro atoms. The Balaban J connectivity index is 1.09. The van der Waals surface area contributed by atoms with Gasteiger partial charge in [0.25, 0.3) is 5.91 Å². The van der Waals surface area contributed by atoms with Crippen molar-refractivity contribution in [2.24, 2.45) is 17.8 Å². The molecule has 4 fully saturated rings. The molecule has 164 valence electrons. The van der Waals surface area contributed by atoms with Crippen LogP contribution in [-0.2, 0) is 9.47 Å². The van der Waals surface area contributed by atoms with E-state index >= 15 is 0 Å². The van der Waals surface area contributed by atoms with Crippen LogP contribution >= 0.6 is 0 Å². The minimum Gasteiger partial charge on any atom is -0.381 e. The number of likely N-dealkylation sites (tertiary alicyclic amines) is 1. The van der Waals surface area contributed by atoms with E-state index in [2.05, 4.69) is 20.4 Å². The van der Waals surface area contributed by atoms with Gasteiger partial charge in [-0.3, -0.25) is 4.79 Å². The number of morpholine rings is 1. The first-order chi connectivity index (χ1) is 14.7. The van der Waals surface area contributed by atoms with Crippen molar-refractivity contribution in [1.29, 1.82) is 0 Å². The number of hydrogen-bond donors (Lipinski definition) is 1. The van der Waals surface area contributed by atoms with Gasteiger partial charge in [-0.1, -0.05) is 0 Å². The van der Waals surface area contributed by atoms with Crippen molar-refractivity contribution in [2.45, 2.75) is 31.7 Å². The van der Waals surface area contributed by atoms with Gasteiger partial charge >= 0.3 is 0 Å². The van der Waals surface area contributed by atoms with Crippen molar-refractivity contribution in [3.8, 4) is 0 Å². The lowest BCUT2D eigenvalue weighted by atomic mass is 10.00. The molecular weight excluding hydrogens is 382 g/mol. The monoisotopic (exact) mass is 415 g/mol. The number of ether oxygens (including phenoxy) is 2. The number of carbonyl (C=O) groups is 1. The van der Waals surface area contributed by atoms with E-state index in [-0.39, 0.29) is 5.91 Å². The summed E-state index contributed by atoms with van der Waals surface area (Å²) in [7, 11) is 0. The van der Waals surface area contributed by atoms with Crippen LogP contribution in [0.15, 0.2) is 12.1 Å². The number of aromatic nitrogens is 2. The Morgan fingerprint density at radius 2 is 1.70 bits per heavy atom. The van der Waals surface area contributed by atoms with Gasteiger partial charge in [-0.2, -0.15) is 0 Å². The summed E-state index contributed by atoms with van der Waals surface area (Å²) in [5.74, 6) is 3.12. The van der Waals surface area contributed by atoms with E-state index in [1.54, 1.807) is 11.0 Å². The number of nitrogens with one attached hydrogen (secondary N) is 1. The van der Waals surface area contributed by atoms with Crippen molar-refractivity contribution >= 4 is 11.7 Å². The molecular formula is C22H33N5O3. The molecule has 0 bridgehead atoms. The molecule has 30 heavy (non-hydrogen) atoms. The number of fused-ring (bicyclic) bond motifs is 1. The lowest BCUT2D eigenvalue weighted by molar-refractivity contribution is 0.0298. The summed E-state index contributed by atoms with van der Waals surface area (Å²) in [6, 6.07) is 4.14. The summed E-state index contributed by atoms with van der Waals surface area (Å²) >= 11 is 0. The van der Waals surface area contributed by atoms with Gasteiger partial charge in [0, 0.05) is 52.0 Å². The van der Waals surface area contributed by atoms with E-state index in [0.717, 1.165) is 36.8 Å². The molecule has 4 heterocycles. The number of hydrogen-bond acceptors (Lipinski definition) is 7. The van der Waals surface area contributed by atoms with Crippen LogP contribution in [0.4, 0.5) is 5.82 Å². The quantitative estimate of drug-likeness (QED) is 0.781. The van der Waals surface area contributed by atoms with Gasteiger partial charge in [0.1, 0.15) is 5.82 Å². The van der Waals surface area contributed by atoms with Crippen molar-refractivity contribution in [1.82, 2.24) is 20.0 Å². The van der Waals surface area contributed by atoms with Crippen LogP contribution in [-0.4, -0.2) is 91.1 Å². The largest absolute Gasteiger partial charge is 0.381 e. The molecule has 0 radical (unpaired) electrons. The zero-order chi connectivity index (χ0) is 20.3. The van der Waals surface area contributed by atoms with Gasteiger partial charge in [-0.15, -0.1) is 10.2 Å². The molecule has 3 atom stereocenters. The Morgan fingerprint density at radius 1 is 1.00 bits per heavy atom. The van der Waals surface area contributed by atoms with E-state index in [1.165, 1.54) is 45.3 Å². The molecule has 1 aromatic rings. The van der Waals surface area contributed by atoms with E-state index < -0.39 is 0 Å². The van der Waals surface area contributed by atoms with Gasteiger partial charge in [-0.25, -0.2) is 0 Å². The summed E-state index contributed by atoms with van der Waals surface area (Å²) in [6.45, 7) is 8.03. The molecule has 3 aliphatic heterocycles. The summed E-state index contributed by atoms with van der Waals surface area (Å²) < 4.78 is 10.8. The predicted octanol–water partition coefficient (Wildman–Crippen LogP) is 1.50. The van der Waals surface area contributed by atoms with Gasteiger partial charge in [0.05, 0.1) is 13.2 Å². The number of anilines is 1. The third-order valence-corrected chi connectivity index (χ3v) is 7.22. The first-order valence-electron chi connectivity index (χ1n) is 11.5. The average Bonchev–Trinajstić information content (AvgIpc) is 3.33. The Kier molecular flexibility index (Phi) is 6.15. The van der Waals surface area contributed by atoms with Crippen LogP contribution in [0.2, 0.25) is 0 Å². The molecule has 1 saturated carbocycles. The highest BCUT2D eigenvalue weighted by Gasteiger charge is 2.41. The zero-order valence-corrected chi connectivity index (χ0v) is 17.7. The average molecular weight is 416 g/mol. The smallest absolute Gasteiger partial charge is 0.274 e. The van der Waals surface area contributed by atoms with Gasteiger partial charge in [0.2, 0.25) is 0 Å². The molecule has 0 aromatic carbocycles. The Bertz CT molecular complexity index is 704. The van der Waals surface area contributed by atoms with E-state index in [4.69, 9.17) is 9.47 Å². The fraction of sp³-hybridized carbons (Fsp3) is 0.773. The van der Waals surface area contributed by atoms with Crippen LogP contribution in [0.25, 0.3) is 0 Å². The lowest BCUT2D eigenvalue weighted by Crippen LogP contribution is -2.41. The fourth-order valence-electron chi connectivity index (χ4n) is 5.62. The minimum absolute atomic E-state index is 0.0580. The molecule has 1 aliphatic carbocycles.